The van der Waals surface area contributed by atoms with Crippen molar-refractivity contribution < 1.29 is 22.7 Å². The standard InChI is InChI=1S/C15H13F4NO/c1-9-2-3-12(7-14(9)15(17,18)19)20-8-10-4-11(16)6-13(21)5-10/h2-7,20-21H,8H2,1H3. The number of alkyl halides is 3. The molecule has 0 unspecified atom stereocenters. The Balaban J connectivity index is 2.17. The summed E-state index contributed by atoms with van der Waals surface area (Å²) in [5, 5.41) is 12.0. The molecule has 0 amide bonds. The van der Waals surface area contributed by atoms with Gasteiger partial charge in [-0.1, -0.05) is 6.07 Å². The van der Waals surface area contributed by atoms with E-state index in [2.05, 4.69) is 5.32 Å². The molecule has 2 aromatic rings. The van der Waals surface area contributed by atoms with Crippen LogP contribution < -0.4 is 5.32 Å². The molecule has 0 bridgehead atoms. The third-order valence-electron chi connectivity index (χ3n) is 2.98. The summed E-state index contributed by atoms with van der Waals surface area (Å²) in [6.45, 7) is 1.49. The van der Waals surface area contributed by atoms with E-state index in [4.69, 9.17) is 0 Å². The molecule has 112 valence electrons. The van der Waals surface area contributed by atoms with Crippen LogP contribution in [-0.2, 0) is 12.7 Å². The average molecular weight is 299 g/mol. The first-order chi connectivity index (χ1) is 9.75. The lowest BCUT2D eigenvalue weighted by Crippen LogP contribution is -2.09. The highest BCUT2D eigenvalue weighted by molar-refractivity contribution is 5.50. The first-order valence-corrected chi connectivity index (χ1v) is 6.16. The Morgan fingerprint density at radius 3 is 2.43 bits per heavy atom. The molecule has 0 atom stereocenters. The van der Waals surface area contributed by atoms with Gasteiger partial charge in [0.2, 0.25) is 0 Å². The van der Waals surface area contributed by atoms with Crippen LogP contribution >= 0.6 is 0 Å². The molecule has 0 aromatic heterocycles. The summed E-state index contributed by atoms with van der Waals surface area (Å²) in [5.74, 6) is -0.835. The first-order valence-electron chi connectivity index (χ1n) is 6.16. The minimum absolute atomic E-state index is 0.103. The van der Waals surface area contributed by atoms with Gasteiger partial charge in [-0.05, 0) is 42.3 Å². The maximum absolute atomic E-state index is 13.1. The average Bonchev–Trinajstić information content (AvgIpc) is 2.35. The van der Waals surface area contributed by atoms with Crippen molar-refractivity contribution in [1.82, 2.24) is 0 Å². The molecule has 0 saturated carbocycles. The Kier molecular flexibility index (Phi) is 4.06. The molecule has 0 saturated heterocycles. The summed E-state index contributed by atoms with van der Waals surface area (Å²) < 4.78 is 51.5. The number of nitrogens with one attached hydrogen (secondary N) is 1. The quantitative estimate of drug-likeness (QED) is 0.820. The van der Waals surface area contributed by atoms with Crippen molar-refractivity contribution in [2.24, 2.45) is 0 Å². The minimum Gasteiger partial charge on any atom is -0.508 e. The van der Waals surface area contributed by atoms with Gasteiger partial charge in [-0.2, -0.15) is 13.2 Å². The van der Waals surface area contributed by atoms with Gasteiger partial charge >= 0.3 is 6.18 Å². The van der Waals surface area contributed by atoms with Crippen molar-refractivity contribution in [1.29, 1.82) is 0 Å². The largest absolute Gasteiger partial charge is 0.508 e. The zero-order chi connectivity index (χ0) is 15.6. The molecule has 0 radical (unpaired) electrons. The van der Waals surface area contributed by atoms with Crippen molar-refractivity contribution >= 4 is 5.69 Å². The number of halogens is 4. The van der Waals surface area contributed by atoms with Crippen LogP contribution in [0.2, 0.25) is 0 Å². The summed E-state index contributed by atoms with van der Waals surface area (Å²) >= 11 is 0. The molecule has 2 N–H and O–H groups in total. The number of aromatic hydroxyl groups is 1. The van der Waals surface area contributed by atoms with Crippen molar-refractivity contribution in [2.75, 3.05) is 5.32 Å². The third kappa shape index (κ3) is 3.87. The number of benzene rings is 2. The van der Waals surface area contributed by atoms with E-state index in [-0.39, 0.29) is 23.5 Å². The maximum Gasteiger partial charge on any atom is 0.416 e. The summed E-state index contributed by atoms with van der Waals surface area (Å²) in [5.41, 5.74) is 0.129. The molecule has 6 heteroatoms. The van der Waals surface area contributed by atoms with E-state index in [9.17, 15) is 22.7 Å². The number of rotatable bonds is 3. The van der Waals surface area contributed by atoms with Gasteiger partial charge in [-0.15, -0.1) is 0 Å². The van der Waals surface area contributed by atoms with Gasteiger partial charge in [0.05, 0.1) is 5.56 Å². The fourth-order valence-corrected chi connectivity index (χ4v) is 1.98. The normalized spacial score (nSPS) is 11.5. The summed E-state index contributed by atoms with van der Waals surface area (Å²) in [7, 11) is 0. The Hall–Kier alpha value is -2.24. The zero-order valence-corrected chi connectivity index (χ0v) is 11.1. The van der Waals surface area contributed by atoms with E-state index in [0.29, 0.717) is 5.56 Å². The summed E-state index contributed by atoms with van der Waals surface area (Å²) in [6, 6.07) is 7.39. The fourth-order valence-electron chi connectivity index (χ4n) is 1.98. The number of aryl methyl sites for hydroxylation is 1. The Labute approximate surface area is 119 Å². The zero-order valence-electron chi connectivity index (χ0n) is 11.1. The Morgan fingerprint density at radius 1 is 1.10 bits per heavy atom. The van der Waals surface area contributed by atoms with E-state index in [0.717, 1.165) is 12.1 Å². The summed E-state index contributed by atoms with van der Waals surface area (Å²) in [4.78, 5) is 0. The smallest absolute Gasteiger partial charge is 0.416 e. The number of phenolic OH excluding ortho intramolecular Hbond substituents is 1. The van der Waals surface area contributed by atoms with Gasteiger partial charge in [0.25, 0.3) is 0 Å². The van der Waals surface area contributed by atoms with Gasteiger partial charge in [0.15, 0.2) is 0 Å². The van der Waals surface area contributed by atoms with Gasteiger partial charge in [-0.3, -0.25) is 0 Å². The molecule has 0 aliphatic carbocycles. The molecular weight excluding hydrogens is 286 g/mol. The van der Waals surface area contributed by atoms with Crippen LogP contribution in [0.1, 0.15) is 16.7 Å². The first kappa shape index (κ1) is 15.2. The molecule has 0 heterocycles. The lowest BCUT2D eigenvalue weighted by Gasteiger charge is -2.13. The van der Waals surface area contributed by atoms with Crippen molar-refractivity contribution in [3.8, 4) is 5.75 Å². The van der Waals surface area contributed by atoms with Crippen LogP contribution in [0.25, 0.3) is 0 Å². The minimum atomic E-state index is -4.42. The second-order valence-corrected chi connectivity index (χ2v) is 4.70. The monoisotopic (exact) mass is 299 g/mol. The number of hydrogen-bond donors (Lipinski definition) is 2. The van der Waals surface area contributed by atoms with Gasteiger partial charge in [0.1, 0.15) is 11.6 Å². The van der Waals surface area contributed by atoms with Crippen LogP contribution in [0, 0.1) is 12.7 Å². The Morgan fingerprint density at radius 2 is 1.81 bits per heavy atom. The third-order valence-corrected chi connectivity index (χ3v) is 2.98. The van der Waals surface area contributed by atoms with E-state index in [1.54, 1.807) is 0 Å². The molecule has 2 aromatic carbocycles. The van der Waals surface area contributed by atoms with Crippen molar-refractivity contribution in [2.45, 2.75) is 19.6 Å². The molecule has 21 heavy (non-hydrogen) atoms. The highest BCUT2D eigenvalue weighted by Crippen LogP contribution is 2.33. The number of hydrogen-bond acceptors (Lipinski definition) is 2. The lowest BCUT2D eigenvalue weighted by molar-refractivity contribution is -0.138. The molecule has 2 nitrogen and oxygen atoms in total. The lowest BCUT2D eigenvalue weighted by atomic mass is 10.1. The maximum atomic E-state index is 13.1. The Bertz CT molecular complexity index is 632. The van der Waals surface area contributed by atoms with Crippen LogP contribution in [-0.4, -0.2) is 5.11 Å². The van der Waals surface area contributed by atoms with Gasteiger partial charge in [-0.25, -0.2) is 4.39 Å². The highest BCUT2D eigenvalue weighted by Gasteiger charge is 2.32. The van der Waals surface area contributed by atoms with Crippen molar-refractivity contribution in [3.63, 3.8) is 0 Å². The molecule has 0 aliphatic rings. The number of anilines is 1. The fraction of sp³-hybridized carbons (Fsp3) is 0.200. The highest BCUT2D eigenvalue weighted by atomic mass is 19.4. The van der Waals surface area contributed by atoms with E-state index >= 15 is 0 Å². The SMILES string of the molecule is Cc1ccc(NCc2cc(O)cc(F)c2)cc1C(F)(F)F. The van der Waals surface area contributed by atoms with E-state index < -0.39 is 17.6 Å². The van der Waals surface area contributed by atoms with Gasteiger partial charge < -0.3 is 10.4 Å². The topological polar surface area (TPSA) is 32.3 Å². The molecule has 0 aliphatic heterocycles. The second kappa shape index (κ2) is 5.63. The summed E-state index contributed by atoms with van der Waals surface area (Å²) in [6.07, 6.45) is -4.42. The van der Waals surface area contributed by atoms with Crippen LogP contribution in [0.4, 0.5) is 23.2 Å². The molecule has 0 spiro atoms. The van der Waals surface area contributed by atoms with E-state index in [1.165, 1.54) is 31.2 Å². The number of phenols is 1. The van der Waals surface area contributed by atoms with Gasteiger partial charge in [0, 0.05) is 18.3 Å². The van der Waals surface area contributed by atoms with E-state index in [1.807, 2.05) is 0 Å². The predicted molar refractivity (Wildman–Crippen MR) is 71.6 cm³/mol. The predicted octanol–water partition coefficient (Wildman–Crippen LogP) is 4.47. The van der Waals surface area contributed by atoms with Crippen LogP contribution in [0.15, 0.2) is 36.4 Å². The molecule has 2 rings (SSSR count). The van der Waals surface area contributed by atoms with Crippen LogP contribution in [0.3, 0.4) is 0 Å². The molecular formula is C15H13F4NO. The second-order valence-electron chi connectivity index (χ2n) is 4.70. The molecule has 0 fully saturated rings. The van der Waals surface area contributed by atoms with Crippen molar-refractivity contribution in [3.05, 3.63) is 58.9 Å². The van der Waals surface area contributed by atoms with Crippen LogP contribution in [0.5, 0.6) is 5.75 Å².